The summed E-state index contributed by atoms with van der Waals surface area (Å²) in [4.78, 5) is 0. The van der Waals surface area contributed by atoms with Gasteiger partial charge in [-0.1, -0.05) is 67.5 Å². The van der Waals surface area contributed by atoms with Crippen molar-refractivity contribution in [3.05, 3.63) is 68.5 Å². The Hall–Kier alpha value is -1.63. The van der Waals surface area contributed by atoms with E-state index in [2.05, 4.69) is 53.7 Å². The molecular formula is C30H47F. The van der Waals surface area contributed by atoms with Crippen LogP contribution in [0.2, 0.25) is 0 Å². The standard InChI is InChI=1S/C13H17F.C13H18.2C2H6/c1-8(2)12-7-13(14)11-6-4-5-10(11)9(12)3;1-9(2)12-8-7-11-5-4-6-13(11)10(12)3;2*1-2/h7-8H,4-6H2,1-3H3;7-9H,4-6H2,1-3H3;2*1-2H3. The molecule has 0 fully saturated rings. The van der Waals surface area contributed by atoms with Gasteiger partial charge in [0.05, 0.1) is 0 Å². The van der Waals surface area contributed by atoms with Gasteiger partial charge in [-0.25, -0.2) is 4.39 Å². The highest BCUT2D eigenvalue weighted by molar-refractivity contribution is 5.45. The topological polar surface area (TPSA) is 0 Å². The first-order valence-electron chi connectivity index (χ1n) is 12.7. The molecule has 0 saturated carbocycles. The van der Waals surface area contributed by atoms with E-state index in [4.69, 9.17) is 0 Å². The molecule has 1 heteroatoms. The molecule has 2 aliphatic rings. The lowest BCUT2D eigenvalue weighted by atomic mass is 9.92. The fourth-order valence-electron chi connectivity index (χ4n) is 5.02. The smallest absolute Gasteiger partial charge is 0.126 e. The third kappa shape index (κ3) is 6.43. The zero-order valence-corrected chi connectivity index (χ0v) is 22.0. The van der Waals surface area contributed by atoms with Gasteiger partial charge in [0.15, 0.2) is 0 Å². The van der Waals surface area contributed by atoms with Gasteiger partial charge in [0.1, 0.15) is 5.82 Å². The van der Waals surface area contributed by atoms with Crippen molar-refractivity contribution in [1.29, 1.82) is 0 Å². The maximum absolute atomic E-state index is 13.7. The number of hydrogen-bond acceptors (Lipinski definition) is 0. The quantitative estimate of drug-likeness (QED) is 0.448. The molecule has 31 heavy (non-hydrogen) atoms. The Kier molecular flexibility index (Phi) is 11.5. The average molecular weight is 427 g/mol. The molecule has 0 unspecified atom stereocenters. The Morgan fingerprint density at radius 1 is 0.645 bits per heavy atom. The van der Waals surface area contributed by atoms with Crippen molar-refractivity contribution >= 4 is 0 Å². The van der Waals surface area contributed by atoms with Crippen molar-refractivity contribution in [2.75, 3.05) is 0 Å². The number of hydrogen-bond donors (Lipinski definition) is 0. The minimum absolute atomic E-state index is 0.0202. The first-order valence-corrected chi connectivity index (χ1v) is 12.7. The predicted octanol–water partition coefficient (Wildman–Crippen LogP) is 9.41. The molecule has 0 N–H and O–H groups in total. The Balaban J connectivity index is 0.000000268. The third-order valence-electron chi connectivity index (χ3n) is 6.53. The molecule has 174 valence electrons. The van der Waals surface area contributed by atoms with Gasteiger partial charge in [0.2, 0.25) is 0 Å². The molecule has 2 aromatic rings. The molecular weight excluding hydrogens is 379 g/mol. The third-order valence-corrected chi connectivity index (χ3v) is 6.53. The van der Waals surface area contributed by atoms with E-state index in [-0.39, 0.29) is 5.82 Å². The second-order valence-corrected chi connectivity index (χ2v) is 8.96. The molecule has 0 aliphatic heterocycles. The summed E-state index contributed by atoms with van der Waals surface area (Å²) in [6, 6.07) is 6.40. The van der Waals surface area contributed by atoms with Crippen LogP contribution >= 0.6 is 0 Å². The molecule has 0 heterocycles. The minimum atomic E-state index is 0.0202. The summed E-state index contributed by atoms with van der Waals surface area (Å²) < 4.78 is 13.7. The fourth-order valence-corrected chi connectivity index (χ4v) is 5.02. The molecule has 0 amide bonds. The average Bonchev–Trinajstić information content (AvgIpc) is 3.44. The highest BCUT2D eigenvalue weighted by Crippen LogP contribution is 2.33. The Labute approximate surface area is 192 Å². The summed E-state index contributed by atoms with van der Waals surface area (Å²) >= 11 is 0. The first-order chi connectivity index (χ1) is 14.8. The van der Waals surface area contributed by atoms with Gasteiger partial charge in [0.25, 0.3) is 0 Å². The van der Waals surface area contributed by atoms with Gasteiger partial charge in [0, 0.05) is 0 Å². The summed E-state index contributed by atoms with van der Waals surface area (Å²) in [7, 11) is 0. The summed E-state index contributed by atoms with van der Waals surface area (Å²) in [5, 5.41) is 0. The van der Waals surface area contributed by atoms with Crippen molar-refractivity contribution in [1.82, 2.24) is 0 Å². The Morgan fingerprint density at radius 2 is 1.13 bits per heavy atom. The number of benzene rings is 2. The maximum atomic E-state index is 13.7. The number of halogens is 1. The van der Waals surface area contributed by atoms with E-state index >= 15 is 0 Å². The molecule has 0 aromatic heterocycles. The number of fused-ring (bicyclic) bond motifs is 2. The van der Waals surface area contributed by atoms with Gasteiger partial charge < -0.3 is 0 Å². The maximum Gasteiger partial charge on any atom is 0.126 e. The zero-order valence-electron chi connectivity index (χ0n) is 22.0. The van der Waals surface area contributed by atoms with Crippen molar-refractivity contribution in [2.45, 2.75) is 120 Å². The first kappa shape index (κ1) is 27.4. The summed E-state index contributed by atoms with van der Waals surface area (Å²) in [6.45, 7) is 21.2. The van der Waals surface area contributed by atoms with Crippen molar-refractivity contribution < 1.29 is 4.39 Å². The second kappa shape index (κ2) is 13.0. The normalized spacial score (nSPS) is 13.5. The van der Waals surface area contributed by atoms with Crippen molar-refractivity contribution in [3.63, 3.8) is 0 Å². The summed E-state index contributed by atoms with van der Waals surface area (Å²) in [6.07, 6.45) is 7.08. The van der Waals surface area contributed by atoms with Crippen LogP contribution in [0.1, 0.15) is 125 Å². The molecule has 0 saturated heterocycles. The van der Waals surface area contributed by atoms with Crippen LogP contribution in [0.5, 0.6) is 0 Å². The fraction of sp³-hybridized carbons (Fsp3) is 0.600. The number of rotatable bonds is 2. The predicted molar refractivity (Wildman–Crippen MR) is 137 cm³/mol. The van der Waals surface area contributed by atoms with Gasteiger partial charge >= 0.3 is 0 Å². The number of aryl methyl sites for hydroxylation is 1. The van der Waals surface area contributed by atoms with Crippen molar-refractivity contribution in [3.8, 4) is 0 Å². The van der Waals surface area contributed by atoms with E-state index in [1.807, 2.05) is 27.7 Å². The van der Waals surface area contributed by atoms with Crippen LogP contribution in [-0.4, -0.2) is 0 Å². The molecule has 0 bridgehead atoms. The van der Waals surface area contributed by atoms with E-state index in [1.165, 1.54) is 36.0 Å². The summed E-state index contributed by atoms with van der Waals surface area (Å²) in [5.74, 6) is 1.12. The highest BCUT2D eigenvalue weighted by atomic mass is 19.1. The molecule has 0 radical (unpaired) electrons. The second-order valence-electron chi connectivity index (χ2n) is 8.96. The highest BCUT2D eigenvalue weighted by Gasteiger charge is 2.20. The molecule has 2 aliphatic carbocycles. The van der Waals surface area contributed by atoms with Crippen LogP contribution in [-0.2, 0) is 25.7 Å². The van der Waals surface area contributed by atoms with Gasteiger partial charge in [-0.15, -0.1) is 0 Å². The summed E-state index contributed by atoms with van der Waals surface area (Å²) in [5.41, 5.74) is 11.1. The van der Waals surface area contributed by atoms with E-state index < -0.39 is 0 Å². The van der Waals surface area contributed by atoms with Crippen LogP contribution in [0, 0.1) is 19.7 Å². The monoisotopic (exact) mass is 426 g/mol. The van der Waals surface area contributed by atoms with Crippen LogP contribution in [0.4, 0.5) is 4.39 Å². The van der Waals surface area contributed by atoms with Gasteiger partial charge in [-0.05, 0) is 115 Å². The minimum Gasteiger partial charge on any atom is -0.207 e. The SMILES string of the molecule is CC.CC.Cc1c(C(C)C)cc(F)c2c1CCC2.Cc1c(C(C)C)ccc2c1CCC2. The molecule has 4 rings (SSSR count). The van der Waals surface area contributed by atoms with E-state index in [0.717, 1.165) is 24.8 Å². The van der Waals surface area contributed by atoms with Gasteiger partial charge in [-0.3, -0.25) is 0 Å². The molecule has 0 nitrogen and oxygen atoms in total. The van der Waals surface area contributed by atoms with Crippen LogP contribution < -0.4 is 0 Å². The van der Waals surface area contributed by atoms with E-state index in [0.29, 0.717) is 11.8 Å². The van der Waals surface area contributed by atoms with E-state index in [1.54, 1.807) is 28.3 Å². The van der Waals surface area contributed by atoms with Gasteiger partial charge in [-0.2, -0.15) is 0 Å². The zero-order chi connectivity index (χ0) is 23.7. The lowest BCUT2D eigenvalue weighted by Gasteiger charge is -2.14. The van der Waals surface area contributed by atoms with Crippen LogP contribution in [0.3, 0.4) is 0 Å². The van der Waals surface area contributed by atoms with Crippen LogP contribution in [0.25, 0.3) is 0 Å². The molecule has 2 aromatic carbocycles. The van der Waals surface area contributed by atoms with Crippen LogP contribution in [0.15, 0.2) is 18.2 Å². The van der Waals surface area contributed by atoms with Crippen molar-refractivity contribution in [2.24, 2.45) is 0 Å². The molecule has 0 atom stereocenters. The van der Waals surface area contributed by atoms with E-state index in [9.17, 15) is 4.39 Å². The Morgan fingerprint density at radius 3 is 1.71 bits per heavy atom. The lowest BCUT2D eigenvalue weighted by Crippen LogP contribution is -2.00. The lowest BCUT2D eigenvalue weighted by molar-refractivity contribution is 0.607. The largest absolute Gasteiger partial charge is 0.207 e. The molecule has 0 spiro atoms. The Bertz CT molecular complexity index is 827.